The van der Waals surface area contributed by atoms with Gasteiger partial charge in [0.15, 0.2) is 0 Å². The largest absolute Gasteiger partial charge is 0.487 e. The van der Waals surface area contributed by atoms with Crippen LogP contribution in [0.15, 0.2) is 17.0 Å². The van der Waals surface area contributed by atoms with E-state index >= 15 is 0 Å². The van der Waals surface area contributed by atoms with Crippen LogP contribution in [0.5, 0.6) is 5.75 Å². The normalized spacial score (nSPS) is 18.6. The molecule has 0 bridgehead atoms. The lowest BCUT2D eigenvalue weighted by Gasteiger charge is -2.19. The maximum atomic E-state index is 9.80. The van der Waals surface area contributed by atoms with Crippen molar-refractivity contribution < 1.29 is 18.7 Å². The molecular formula is C15H23O4PS2. The van der Waals surface area contributed by atoms with E-state index in [9.17, 15) is 4.89 Å². The lowest BCUT2D eigenvalue weighted by molar-refractivity contribution is 0.136. The highest BCUT2D eigenvalue weighted by atomic mass is 32.5. The predicted octanol–water partition coefficient (Wildman–Crippen LogP) is 3.93. The van der Waals surface area contributed by atoms with Gasteiger partial charge in [-0.15, -0.1) is 11.8 Å². The smallest absolute Gasteiger partial charge is 0.324 e. The lowest BCUT2D eigenvalue weighted by Crippen LogP contribution is -2.25. The summed E-state index contributed by atoms with van der Waals surface area (Å²) in [5.41, 5.74) is 2.18. The van der Waals surface area contributed by atoms with Crippen LogP contribution < -0.4 is 4.74 Å². The van der Waals surface area contributed by atoms with Crippen molar-refractivity contribution in [1.29, 1.82) is 0 Å². The predicted molar refractivity (Wildman–Crippen MR) is 94.4 cm³/mol. The van der Waals surface area contributed by atoms with Gasteiger partial charge in [0.1, 0.15) is 11.4 Å². The van der Waals surface area contributed by atoms with E-state index in [-0.39, 0.29) is 5.60 Å². The van der Waals surface area contributed by atoms with E-state index in [1.807, 2.05) is 0 Å². The molecule has 0 aliphatic carbocycles. The Kier molecular flexibility index (Phi) is 5.97. The number of hydrogen-bond donors (Lipinski definition) is 1. The molecule has 1 aliphatic rings. The van der Waals surface area contributed by atoms with Crippen molar-refractivity contribution in [3.8, 4) is 5.75 Å². The topological polar surface area (TPSA) is 47.9 Å². The zero-order chi connectivity index (χ0) is 16.4. The van der Waals surface area contributed by atoms with E-state index in [0.29, 0.717) is 19.6 Å². The zero-order valence-corrected chi connectivity index (χ0v) is 15.9. The summed E-state index contributed by atoms with van der Waals surface area (Å²) in [7, 11) is 0. The molecule has 2 rings (SSSR count). The maximum absolute atomic E-state index is 9.80. The highest BCUT2D eigenvalue weighted by molar-refractivity contribution is 8.07. The highest BCUT2D eigenvalue weighted by Crippen LogP contribution is 2.45. The highest BCUT2D eigenvalue weighted by Gasteiger charge is 2.33. The number of thioether (sulfide) groups is 1. The third kappa shape index (κ3) is 4.47. The van der Waals surface area contributed by atoms with Gasteiger partial charge >= 0.3 is 6.72 Å². The molecule has 1 aromatic carbocycles. The molecule has 0 aromatic heterocycles. The SMILES string of the molecule is CCOP(O)(=S)OCCc1ccc(SC)c2c1OC(C)(C)C2. The molecule has 0 amide bonds. The lowest BCUT2D eigenvalue weighted by atomic mass is 10.00. The summed E-state index contributed by atoms with van der Waals surface area (Å²) >= 11 is 6.66. The first-order valence-electron chi connectivity index (χ1n) is 7.27. The van der Waals surface area contributed by atoms with Gasteiger partial charge in [-0.3, -0.25) is 0 Å². The zero-order valence-electron chi connectivity index (χ0n) is 13.4. The number of fused-ring (bicyclic) bond motifs is 1. The van der Waals surface area contributed by atoms with Crippen molar-refractivity contribution in [2.45, 2.75) is 44.1 Å². The van der Waals surface area contributed by atoms with E-state index in [2.05, 4.69) is 32.2 Å². The van der Waals surface area contributed by atoms with E-state index in [1.54, 1.807) is 18.7 Å². The third-order valence-corrected chi connectivity index (χ3v) is 5.97. The van der Waals surface area contributed by atoms with Crippen LogP contribution in [0.4, 0.5) is 0 Å². The van der Waals surface area contributed by atoms with Gasteiger partial charge < -0.3 is 18.7 Å². The number of hydrogen-bond acceptors (Lipinski definition) is 5. The van der Waals surface area contributed by atoms with E-state index in [4.69, 9.17) is 25.6 Å². The molecule has 0 radical (unpaired) electrons. The second-order valence-corrected chi connectivity index (χ2v) is 9.43. The summed E-state index contributed by atoms with van der Waals surface area (Å²) in [6.07, 6.45) is 3.62. The fourth-order valence-corrected chi connectivity index (χ4v) is 4.43. The van der Waals surface area contributed by atoms with Crippen molar-refractivity contribution in [1.82, 2.24) is 0 Å². The van der Waals surface area contributed by atoms with E-state index in [1.165, 1.54) is 10.5 Å². The minimum Gasteiger partial charge on any atom is -0.487 e. The molecule has 1 heterocycles. The molecule has 0 saturated carbocycles. The summed E-state index contributed by atoms with van der Waals surface area (Å²) < 4.78 is 16.5. The Labute approximate surface area is 141 Å². The summed E-state index contributed by atoms with van der Waals surface area (Å²) in [5.74, 6) is 0.961. The first-order chi connectivity index (χ1) is 10.3. The van der Waals surface area contributed by atoms with Crippen molar-refractivity contribution in [3.63, 3.8) is 0 Å². The Balaban J connectivity index is 2.11. The second-order valence-electron chi connectivity index (χ2n) is 5.74. The first-order valence-corrected chi connectivity index (χ1v) is 11.1. The minimum absolute atomic E-state index is 0.180. The van der Waals surface area contributed by atoms with Crippen LogP contribution in [-0.4, -0.2) is 30.0 Å². The van der Waals surface area contributed by atoms with E-state index < -0.39 is 6.72 Å². The van der Waals surface area contributed by atoms with Crippen molar-refractivity contribution in [2.75, 3.05) is 19.5 Å². The van der Waals surface area contributed by atoms with Crippen LogP contribution >= 0.6 is 18.5 Å². The molecule has 4 nitrogen and oxygen atoms in total. The quantitative estimate of drug-likeness (QED) is 0.586. The monoisotopic (exact) mass is 362 g/mol. The van der Waals surface area contributed by atoms with Crippen LogP contribution in [0.3, 0.4) is 0 Å². The van der Waals surface area contributed by atoms with Crippen LogP contribution in [0.1, 0.15) is 31.9 Å². The minimum atomic E-state index is -3.10. The van der Waals surface area contributed by atoms with Gasteiger partial charge in [-0.1, -0.05) is 6.07 Å². The molecule has 22 heavy (non-hydrogen) atoms. The second kappa shape index (κ2) is 7.20. The van der Waals surface area contributed by atoms with Crippen molar-refractivity contribution >= 4 is 30.3 Å². The molecule has 0 fully saturated rings. The molecule has 124 valence electrons. The molecule has 7 heteroatoms. The summed E-state index contributed by atoms with van der Waals surface area (Å²) in [5, 5.41) is 0. The third-order valence-electron chi connectivity index (χ3n) is 3.42. The molecular weight excluding hydrogens is 339 g/mol. The van der Waals surface area contributed by atoms with Crippen molar-refractivity contribution in [3.05, 3.63) is 23.3 Å². The van der Waals surface area contributed by atoms with Gasteiger partial charge in [-0.2, -0.15) is 0 Å². The fraction of sp³-hybridized carbons (Fsp3) is 0.600. The molecule has 0 spiro atoms. The fourth-order valence-electron chi connectivity index (χ4n) is 2.55. The van der Waals surface area contributed by atoms with Gasteiger partial charge in [0.05, 0.1) is 13.2 Å². The Hall–Kier alpha value is -0.100. The molecule has 1 unspecified atom stereocenters. The molecule has 1 aliphatic heterocycles. The summed E-state index contributed by atoms with van der Waals surface area (Å²) in [6.45, 7) is 3.55. The van der Waals surface area contributed by atoms with Crippen LogP contribution in [-0.2, 0) is 33.7 Å². The van der Waals surface area contributed by atoms with Crippen LogP contribution in [0, 0.1) is 0 Å². The standard InChI is InChI=1S/C15H23O4PS2/c1-5-17-20(16,21)18-9-8-11-6-7-13(22-4)12-10-15(2,3)19-14(11)12/h6-7H,5,8-10H2,1-4H3,(H,16,21). The van der Waals surface area contributed by atoms with Crippen molar-refractivity contribution in [2.24, 2.45) is 0 Å². The number of rotatable bonds is 7. The first kappa shape index (κ1) is 18.2. The van der Waals surface area contributed by atoms with Gasteiger partial charge in [-0.05, 0) is 56.9 Å². The Morgan fingerprint density at radius 3 is 2.77 bits per heavy atom. The van der Waals surface area contributed by atoms with Crippen LogP contribution in [0.25, 0.3) is 0 Å². The number of ether oxygens (including phenoxy) is 1. The summed E-state index contributed by atoms with van der Waals surface area (Å²) in [6, 6.07) is 4.19. The van der Waals surface area contributed by atoms with Gasteiger partial charge in [0.25, 0.3) is 0 Å². The van der Waals surface area contributed by atoms with Gasteiger partial charge in [0, 0.05) is 16.9 Å². The Morgan fingerprint density at radius 2 is 2.14 bits per heavy atom. The molecule has 1 atom stereocenters. The maximum Gasteiger partial charge on any atom is 0.324 e. The van der Waals surface area contributed by atoms with Gasteiger partial charge in [-0.25, -0.2) is 0 Å². The van der Waals surface area contributed by atoms with Gasteiger partial charge in [0.2, 0.25) is 0 Å². The number of benzene rings is 1. The van der Waals surface area contributed by atoms with Crippen LogP contribution in [0.2, 0.25) is 0 Å². The van der Waals surface area contributed by atoms with E-state index in [0.717, 1.165) is 17.7 Å². The molecule has 1 N–H and O–H groups in total. The molecule has 1 aromatic rings. The Bertz CT molecular complexity index is 589. The Morgan fingerprint density at radius 1 is 1.41 bits per heavy atom. The molecule has 0 saturated heterocycles. The average molecular weight is 362 g/mol. The summed E-state index contributed by atoms with van der Waals surface area (Å²) in [4.78, 5) is 11.1. The average Bonchev–Trinajstić information content (AvgIpc) is 2.74.